The summed E-state index contributed by atoms with van der Waals surface area (Å²) in [6, 6.07) is 20.5. The zero-order chi connectivity index (χ0) is 21.8. The van der Waals surface area contributed by atoms with Crippen LogP contribution in [0.15, 0.2) is 66.7 Å². The third kappa shape index (κ3) is 4.72. The number of nitrogens with zero attached hydrogens (tertiary/aromatic N) is 1. The van der Waals surface area contributed by atoms with Gasteiger partial charge in [-0.2, -0.15) is 0 Å². The summed E-state index contributed by atoms with van der Waals surface area (Å²) in [5, 5.41) is 4.43. The van der Waals surface area contributed by atoms with Crippen molar-refractivity contribution in [1.82, 2.24) is 0 Å². The first-order valence-corrected chi connectivity index (χ1v) is 11.1. The molecular weight excluding hydrogens is 412 g/mol. The Bertz CT molecular complexity index is 1130. The van der Waals surface area contributed by atoms with Gasteiger partial charge in [-0.25, -0.2) is 4.90 Å². The van der Waals surface area contributed by atoms with Crippen LogP contribution in [-0.2, 0) is 14.4 Å². The molecule has 31 heavy (non-hydrogen) atoms. The summed E-state index contributed by atoms with van der Waals surface area (Å²) in [5.74, 6) is 0.00844. The van der Waals surface area contributed by atoms with Crippen molar-refractivity contribution in [2.24, 2.45) is 0 Å². The summed E-state index contributed by atoms with van der Waals surface area (Å²) >= 11 is 1.19. The zero-order valence-electron chi connectivity index (χ0n) is 17.0. The highest BCUT2D eigenvalue weighted by Crippen LogP contribution is 2.31. The molecule has 0 bridgehead atoms. The first-order chi connectivity index (χ1) is 15.0. The Balaban J connectivity index is 1.35. The van der Waals surface area contributed by atoms with E-state index in [0.29, 0.717) is 23.7 Å². The summed E-state index contributed by atoms with van der Waals surface area (Å²) < 4.78 is 5.40. The maximum Gasteiger partial charge on any atom is 0.247 e. The normalized spacial score (nSPS) is 16.0. The van der Waals surface area contributed by atoms with E-state index < -0.39 is 5.25 Å². The van der Waals surface area contributed by atoms with Crippen LogP contribution in [0.2, 0.25) is 0 Å². The first kappa shape index (κ1) is 20.9. The number of carbonyl (C=O) groups is 3. The van der Waals surface area contributed by atoms with Crippen molar-refractivity contribution in [1.29, 1.82) is 0 Å². The number of thioether (sulfide) groups is 1. The molecule has 1 aliphatic rings. The highest BCUT2D eigenvalue weighted by atomic mass is 32.2. The van der Waals surface area contributed by atoms with Crippen LogP contribution in [0.1, 0.15) is 13.3 Å². The molecule has 1 heterocycles. The molecule has 0 unspecified atom stereocenters. The predicted molar refractivity (Wildman–Crippen MR) is 124 cm³/mol. The topological polar surface area (TPSA) is 75.7 Å². The molecule has 0 saturated carbocycles. The number of benzene rings is 3. The highest BCUT2D eigenvalue weighted by Gasteiger charge is 2.40. The molecule has 1 saturated heterocycles. The van der Waals surface area contributed by atoms with E-state index in [2.05, 4.69) is 5.32 Å². The minimum Gasteiger partial charge on any atom is -0.494 e. The standard InChI is InChI=1S/C24H22N2O4S/c1-2-30-20-11-9-19(10-12-20)26-23(28)14-21(24(26)29)31-15-22(27)25-18-8-7-16-5-3-4-6-17(16)13-18/h3-13,21H,2,14-15H2,1H3,(H,25,27)/t21-/m0/s1. The van der Waals surface area contributed by atoms with Crippen LogP contribution in [-0.4, -0.2) is 35.3 Å². The van der Waals surface area contributed by atoms with Crippen molar-refractivity contribution in [3.63, 3.8) is 0 Å². The van der Waals surface area contributed by atoms with E-state index in [4.69, 9.17) is 4.74 Å². The Hall–Kier alpha value is -3.32. The third-order valence-electron chi connectivity index (χ3n) is 4.96. The number of anilines is 2. The van der Waals surface area contributed by atoms with Crippen molar-refractivity contribution in [2.75, 3.05) is 22.6 Å². The Labute approximate surface area is 184 Å². The van der Waals surface area contributed by atoms with Gasteiger partial charge in [-0.3, -0.25) is 14.4 Å². The fraction of sp³-hybridized carbons (Fsp3) is 0.208. The molecule has 0 spiro atoms. The molecule has 4 rings (SSSR count). The predicted octanol–water partition coefficient (Wildman–Crippen LogP) is 4.24. The molecular formula is C24H22N2O4S. The van der Waals surface area contributed by atoms with Gasteiger partial charge < -0.3 is 10.1 Å². The second-order valence-electron chi connectivity index (χ2n) is 7.11. The summed E-state index contributed by atoms with van der Waals surface area (Å²) in [6.45, 7) is 2.43. The number of fused-ring (bicyclic) bond motifs is 1. The van der Waals surface area contributed by atoms with Gasteiger partial charge in [-0.05, 0) is 54.1 Å². The minimum atomic E-state index is -0.568. The first-order valence-electron chi connectivity index (χ1n) is 10.0. The van der Waals surface area contributed by atoms with Crippen LogP contribution in [0, 0.1) is 0 Å². The van der Waals surface area contributed by atoms with E-state index in [1.807, 2.05) is 49.4 Å². The Kier molecular flexibility index (Phi) is 6.23. The number of hydrogen-bond acceptors (Lipinski definition) is 5. The molecule has 0 aliphatic carbocycles. The molecule has 1 fully saturated rings. The molecule has 3 aromatic carbocycles. The lowest BCUT2D eigenvalue weighted by Crippen LogP contribution is -2.31. The quantitative estimate of drug-likeness (QED) is 0.563. The summed E-state index contributed by atoms with van der Waals surface area (Å²) in [6.07, 6.45) is 0.0833. The monoisotopic (exact) mass is 434 g/mol. The van der Waals surface area contributed by atoms with E-state index in [1.165, 1.54) is 16.7 Å². The van der Waals surface area contributed by atoms with Gasteiger partial charge in [0.15, 0.2) is 0 Å². The van der Waals surface area contributed by atoms with Crippen LogP contribution in [0.3, 0.4) is 0 Å². The molecule has 3 amide bonds. The van der Waals surface area contributed by atoms with E-state index in [9.17, 15) is 14.4 Å². The summed E-state index contributed by atoms with van der Waals surface area (Å²) in [7, 11) is 0. The van der Waals surface area contributed by atoms with Crippen LogP contribution in [0.4, 0.5) is 11.4 Å². The molecule has 6 nitrogen and oxygen atoms in total. The highest BCUT2D eigenvalue weighted by molar-refractivity contribution is 8.01. The van der Waals surface area contributed by atoms with Gasteiger partial charge in [-0.15, -0.1) is 11.8 Å². The molecule has 158 valence electrons. The van der Waals surface area contributed by atoms with E-state index >= 15 is 0 Å². The van der Waals surface area contributed by atoms with Gasteiger partial charge in [0, 0.05) is 12.1 Å². The molecule has 3 aromatic rings. The van der Waals surface area contributed by atoms with Crippen molar-refractivity contribution < 1.29 is 19.1 Å². The maximum atomic E-state index is 12.8. The second kappa shape index (κ2) is 9.22. The average Bonchev–Trinajstić information content (AvgIpc) is 3.06. The average molecular weight is 435 g/mol. The summed E-state index contributed by atoms with van der Waals surface area (Å²) in [4.78, 5) is 38.8. The van der Waals surface area contributed by atoms with Gasteiger partial charge in [0.2, 0.25) is 17.7 Å². The van der Waals surface area contributed by atoms with E-state index in [0.717, 1.165) is 10.8 Å². The minimum absolute atomic E-state index is 0.0833. The number of nitrogens with one attached hydrogen (secondary N) is 1. The smallest absolute Gasteiger partial charge is 0.247 e. The molecule has 7 heteroatoms. The second-order valence-corrected chi connectivity index (χ2v) is 8.30. The van der Waals surface area contributed by atoms with Crippen molar-refractivity contribution in [3.05, 3.63) is 66.7 Å². The van der Waals surface area contributed by atoms with Crippen LogP contribution < -0.4 is 15.0 Å². The molecule has 0 aromatic heterocycles. The SMILES string of the molecule is CCOc1ccc(N2C(=O)C[C@H](SCC(=O)Nc3ccc4ccccc4c3)C2=O)cc1. The van der Waals surface area contributed by atoms with Gasteiger partial charge in [0.25, 0.3) is 0 Å². The van der Waals surface area contributed by atoms with Crippen LogP contribution >= 0.6 is 11.8 Å². The van der Waals surface area contributed by atoms with Crippen LogP contribution in [0.5, 0.6) is 5.75 Å². The number of rotatable bonds is 7. The van der Waals surface area contributed by atoms with Crippen LogP contribution in [0.25, 0.3) is 10.8 Å². The number of ether oxygens (including phenoxy) is 1. The Morgan fingerprint density at radius 2 is 1.81 bits per heavy atom. The van der Waals surface area contributed by atoms with Gasteiger partial charge in [0.05, 0.1) is 23.3 Å². The Morgan fingerprint density at radius 1 is 1.06 bits per heavy atom. The summed E-state index contributed by atoms with van der Waals surface area (Å²) in [5.41, 5.74) is 1.22. The third-order valence-corrected chi connectivity index (χ3v) is 6.16. The number of imide groups is 1. The molecule has 1 atom stereocenters. The fourth-order valence-corrected chi connectivity index (χ4v) is 4.44. The molecule has 0 radical (unpaired) electrons. The molecule has 1 N–H and O–H groups in total. The van der Waals surface area contributed by atoms with Crippen molar-refractivity contribution in [2.45, 2.75) is 18.6 Å². The Morgan fingerprint density at radius 3 is 2.55 bits per heavy atom. The van der Waals surface area contributed by atoms with Crippen molar-refractivity contribution >= 4 is 51.6 Å². The van der Waals surface area contributed by atoms with Gasteiger partial charge in [-0.1, -0.05) is 30.3 Å². The number of hydrogen-bond donors (Lipinski definition) is 1. The van der Waals surface area contributed by atoms with Gasteiger partial charge >= 0.3 is 0 Å². The number of amides is 3. The van der Waals surface area contributed by atoms with Gasteiger partial charge in [0.1, 0.15) is 5.75 Å². The largest absolute Gasteiger partial charge is 0.494 e. The number of carbonyl (C=O) groups excluding carboxylic acids is 3. The lowest BCUT2D eigenvalue weighted by atomic mass is 10.1. The lowest BCUT2D eigenvalue weighted by Gasteiger charge is -2.15. The van der Waals surface area contributed by atoms with E-state index in [-0.39, 0.29) is 29.9 Å². The lowest BCUT2D eigenvalue weighted by molar-refractivity contribution is -0.121. The zero-order valence-corrected chi connectivity index (χ0v) is 17.9. The van der Waals surface area contributed by atoms with Crippen molar-refractivity contribution in [3.8, 4) is 5.75 Å². The maximum absolute atomic E-state index is 12.8. The fourth-order valence-electron chi connectivity index (χ4n) is 3.50. The molecule has 1 aliphatic heterocycles. The van der Waals surface area contributed by atoms with E-state index in [1.54, 1.807) is 24.3 Å².